The van der Waals surface area contributed by atoms with Crippen LogP contribution in [0.15, 0.2) is 48.8 Å². The molecule has 2 N–H and O–H groups in total. The highest BCUT2D eigenvalue weighted by molar-refractivity contribution is 6.36. The molecule has 0 aliphatic heterocycles. The molecule has 4 nitrogen and oxygen atoms in total. The number of hydrogen-bond donors (Lipinski definition) is 1. The summed E-state index contributed by atoms with van der Waals surface area (Å²) in [6.07, 6.45) is 1.77. The summed E-state index contributed by atoms with van der Waals surface area (Å²) in [6, 6.07) is 13.2. The van der Waals surface area contributed by atoms with Crippen molar-refractivity contribution >= 4 is 23.2 Å². The normalized spacial score (nSPS) is 10.8. The maximum absolute atomic E-state index is 6.32. The zero-order valence-corrected chi connectivity index (χ0v) is 14.7. The molecule has 24 heavy (non-hydrogen) atoms. The Bertz CT molecular complexity index is 861. The Labute approximate surface area is 150 Å². The smallest absolute Gasteiger partial charge is 0.123 e. The molecule has 0 saturated carbocycles. The van der Waals surface area contributed by atoms with E-state index < -0.39 is 0 Å². The van der Waals surface area contributed by atoms with Crippen LogP contribution in [-0.4, -0.2) is 16.7 Å². The van der Waals surface area contributed by atoms with Gasteiger partial charge in [0, 0.05) is 22.7 Å². The van der Waals surface area contributed by atoms with E-state index in [9.17, 15) is 0 Å². The minimum Gasteiger partial charge on any atom is -0.496 e. The third kappa shape index (κ3) is 3.26. The molecule has 0 unspecified atom stereocenters. The van der Waals surface area contributed by atoms with Gasteiger partial charge in [-0.1, -0.05) is 41.4 Å². The Morgan fingerprint density at radius 2 is 1.96 bits per heavy atom. The summed E-state index contributed by atoms with van der Waals surface area (Å²) in [7, 11) is 1.66. The Morgan fingerprint density at radius 3 is 2.67 bits per heavy atom. The van der Waals surface area contributed by atoms with E-state index in [-0.39, 0.29) is 0 Å². The molecule has 0 radical (unpaired) electrons. The van der Waals surface area contributed by atoms with E-state index in [1.807, 2.05) is 34.9 Å². The quantitative estimate of drug-likeness (QED) is 0.733. The molecule has 0 aliphatic rings. The topological polar surface area (TPSA) is 53.1 Å². The highest BCUT2D eigenvalue weighted by Gasteiger charge is 2.15. The third-order valence-corrected chi connectivity index (χ3v) is 4.41. The average Bonchev–Trinajstić information content (AvgIpc) is 2.97. The van der Waals surface area contributed by atoms with Gasteiger partial charge < -0.3 is 15.0 Å². The van der Waals surface area contributed by atoms with Crippen LogP contribution >= 0.6 is 23.2 Å². The zero-order valence-electron chi connectivity index (χ0n) is 13.2. The van der Waals surface area contributed by atoms with Crippen molar-refractivity contribution in [3.63, 3.8) is 0 Å². The Balaban J connectivity index is 2.01. The summed E-state index contributed by atoms with van der Waals surface area (Å²) >= 11 is 12.3. The molecule has 2 aromatic carbocycles. The largest absolute Gasteiger partial charge is 0.496 e. The van der Waals surface area contributed by atoms with Gasteiger partial charge >= 0.3 is 0 Å². The van der Waals surface area contributed by atoms with Crippen molar-refractivity contribution in [1.82, 2.24) is 9.55 Å². The van der Waals surface area contributed by atoms with Gasteiger partial charge in [0.15, 0.2) is 0 Å². The number of nitrogens with zero attached hydrogens (tertiary/aromatic N) is 2. The number of halogens is 2. The first-order valence-corrected chi connectivity index (χ1v) is 8.21. The summed E-state index contributed by atoms with van der Waals surface area (Å²) < 4.78 is 7.43. The fourth-order valence-corrected chi connectivity index (χ4v) is 3.18. The van der Waals surface area contributed by atoms with Crippen LogP contribution in [0.3, 0.4) is 0 Å². The van der Waals surface area contributed by atoms with Crippen LogP contribution in [0.25, 0.3) is 11.3 Å². The number of nitrogens with two attached hydrogens (primary N) is 1. The predicted molar refractivity (Wildman–Crippen MR) is 97.7 cm³/mol. The van der Waals surface area contributed by atoms with Crippen LogP contribution in [0.4, 0.5) is 0 Å². The van der Waals surface area contributed by atoms with Crippen LogP contribution in [0, 0.1) is 0 Å². The van der Waals surface area contributed by atoms with Crippen LogP contribution in [0.1, 0.15) is 11.3 Å². The van der Waals surface area contributed by atoms with Gasteiger partial charge in [-0.2, -0.15) is 0 Å². The first kappa shape index (κ1) is 16.8. The number of para-hydroxylation sites is 1. The van der Waals surface area contributed by atoms with Crippen LogP contribution in [0.2, 0.25) is 10.0 Å². The standard InChI is InChI=1S/C18H17Cl2N3O/c1-24-17-5-3-2-4-12(17)10-23-11-22-18(16(23)9-21)14-7-6-13(19)8-15(14)20/h2-8,11H,9-10,21H2,1H3. The summed E-state index contributed by atoms with van der Waals surface area (Å²) in [5.74, 6) is 0.834. The maximum Gasteiger partial charge on any atom is 0.123 e. The molecule has 0 atom stereocenters. The molecule has 0 saturated heterocycles. The van der Waals surface area contributed by atoms with Gasteiger partial charge in [-0.3, -0.25) is 0 Å². The lowest BCUT2D eigenvalue weighted by Crippen LogP contribution is -2.09. The molecule has 0 aliphatic carbocycles. The van der Waals surface area contributed by atoms with Crippen molar-refractivity contribution in [1.29, 1.82) is 0 Å². The molecule has 3 rings (SSSR count). The van der Waals surface area contributed by atoms with Crippen LogP contribution in [-0.2, 0) is 13.1 Å². The van der Waals surface area contributed by atoms with E-state index in [1.165, 1.54) is 0 Å². The monoisotopic (exact) mass is 361 g/mol. The van der Waals surface area contributed by atoms with Crippen molar-refractivity contribution in [2.45, 2.75) is 13.1 Å². The lowest BCUT2D eigenvalue weighted by Gasteiger charge is -2.12. The second-order valence-electron chi connectivity index (χ2n) is 5.31. The summed E-state index contributed by atoms with van der Waals surface area (Å²) in [4.78, 5) is 4.51. The lowest BCUT2D eigenvalue weighted by atomic mass is 10.1. The van der Waals surface area contributed by atoms with E-state index in [2.05, 4.69) is 4.98 Å². The van der Waals surface area contributed by atoms with Crippen molar-refractivity contribution in [2.24, 2.45) is 5.73 Å². The molecule has 1 aromatic heterocycles. The second-order valence-corrected chi connectivity index (χ2v) is 6.15. The molecular formula is C18H17Cl2N3O. The number of rotatable bonds is 5. The lowest BCUT2D eigenvalue weighted by molar-refractivity contribution is 0.408. The van der Waals surface area contributed by atoms with E-state index >= 15 is 0 Å². The molecule has 124 valence electrons. The molecule has 6 heteroatoms. The van der Waals surface area contributed by atoms with Crippen molar-refractivity contribution in [3.8, 4) is 17.0 Å². The second kappa shape index (κ2) is 7.26. The molecule has 0 fully saturated rings. The number of aromatic nitrogens is 2. The first-order chi connectivity index (χ1) is 11.6. The Kier molecular flexibility index (Phi) is 5.09. The number of benzene rings is 2. The number of methoxy groups -OCH3 is 1. The van der Waals surface area contributed by atoms with Crippen molar-refractivity contribution < 1.29 is 4.74 Å². The van der Waals surface area contributed by atoms with Gasteiger partial charge in [0.1, 0.15) is 5.75 Å². The van der Waals surface area contributed by atoms with E-state index in [4.69, 9.17) is 33.7 Å². The first-order valence-electron chi connectivity index (χ1n) is 7.45. The van der Waals surface area contributed by atoms with Crippen LogP contribution < -0.4 is 10.5 Å². The average molecular weight is 362 g/mol. The highest BCUT2D eigenvalue weighted by Crippen LogP contribution is 2.32. The van der Waals surface area contributed by atoms with Crippen molar-refractivity contribution in [3.05, 3.63) is 70.1 Å². The van der Waals surface area contributed by atoms with Crippen molar-refractivity contribution in [2.75, 3.05) is 7.11 Å². The zero-order chi connectivity index (χ0) is 17.1. The van der Waals surface area contributed by atoms with E-state index in [0.29, 0.717) is 23.1 Å². The molecule has 0 bridgehead atoms. The number of ether oxygens (including phenoxy) is 1. The summed E-state index contributed by atoms with van der Waals surface area (Å²) in [6.45, 7) is 0.970. The van der Waals surface area contributed by atoms with Crippen LogP contribution in [0.5, 0.6) is 5.75 Å². The van der Waals surface area contributed by atoms with E-state index in [1.54, 1.807) is 25.6 Å². The summed E-state index contributed by atoms with van der Waals surface area (Å²) in [5.41, 5.74) is 9.53. The van der Waals surface area contributed by atoms with Gasteiger partial charge in [0.05, 0.1) is 36.4 Å². The number of imidazole rings is 1. The fraction of sp³-hybridized carbons (Fsp3) is 0.167. The van der Waals surface area contributed by atoms with Gasteiger partial charge in [-0.25, -0.2) is 4.98 Å². The molecule has 1 heterocycles. The molecule has 0 amide bonds. The van der Waals surface area contributed by atoms with Gasteiger partial charge in [-0.15, -0.1) is 0 Å². The number of hydrogen-bond acceptors (Lipinski definition) is 3. The molecule has 3 aromatic rings. The van der Waals surface area contributed by atoms with Gasteiger partial charge in [0.2, 0.25) is 0 Å². The third-order valence-electron chi connectivity index (χ3n) is 3.86. The SMILES string of the molecule is COc1ccccc1Cn1cnc(-c2ccc(Cl)cc2Cl)c1CN. The highest BCUT2D eigenvalue weighted by atomic mass is 35.5. The Hall–Kier alpha value is -2.01. The van der Waals surface area contributed by atoms with Gasteiger partial charge in [-0.05, 0) is 24.3 Å². The maximum atomic E-state index is 6.32. The Morgan fingerprint density at radius 1 is 1.17 bits per heavy atom. The van der Waals surface area contributed by atoms with Gasteiger partial charge in [0.25, 0.3) is 0 Å². The molecule has 0 spiro atoms. The fourth-order valence-electron chi connectivity index (χ4n) is 2.68. The van der Waals surface area contributed by atoms with E-state index in [0.717, 1.165) is 28.3 Å². The predicted octanol–water partition coefficient (Wildman–Crippen LogP) is 4.37. The molecular weight excluding hydrogens is 345 g/mol. The minimum atomic E-state index is 0.351. The minimum absolute atomic E-state index is 0.351. The summed E-state index contributed by atoms with van der Waals surface area (Å²) in [5, 5.41) is 1.14.